The fraction of sp³-hybridized carbons (Fsp3) is 0.429. The second kappa shape index (κ2) is 5.95. The van der Waals surface area contributed by atoms with E-state index in [1.807, 2.05) is 18.2 Å². The molecule has 1 fully saturated rings. The first-order valence-corrected chi connectivity index (χ1v) is 6.77. The molecule has 1 aromatic carbocycles. The minimum absolute atomic E-state index is 0.815. The van der Waals surface area contributed by atoms with Crippen LogP contribution >= 0.6 is 0 Å². The van der Waals surface area contributed by atoms with E-state index in [4.69, 9.17) is 0 Å². The molecule has 1 aromatic heterocycles. The van der Waals surface area contributed by atoms with Gasteiger partial charge in [-0.2, -0.15) is 5.10 Å². The molecule has 19 heavy (non-hydrogen) atoms. The summed E-state index contributed by atoms with van der Waals surface area (Å²) in [5.41, 5.74) is 1.26. The van der Waals surface area contributed by atoms with Gasteiger partial charge in [0.05, 0.1) is 6.54 Å². The summed E-state index contributed by atoms with van der Waals surface area (Å²) >= 11 is 0. The molecule has 100 valence electrons. The molecule has 5 heteroatoms. The maximum Gasteiger partial charge on any atom is 0.164 e. The van der Waals surface area contributed by atoms with E-state index in [1.165, 1.54) is 5.56 Å². The molecular formula is C14H19N5. The molecule has 1 aliphatic heterocycles. The first-order valence-electron chi connectivity index (χ1n) is 6.77. The van der Waals surface area contributed by atoms with Gasteiger partial charge in [0.1, 0.15) is 5.82 Å². The number of aromatic nitrogens is 3. The summed E-state index contributed by atoms with van der Waals surface area (Å²) in [4.78, 5) is 6.95. The number of rotatable bonds is 4. The number of H-pyrrole nitrogens is 1. The molecule has 5 nitrogen and oxygen atoms in total. The highest BCUT2D eigenvalue weighted by molar-refractivity contribution is 5.18. The fourth-order valence-electron chi connectivity index (χ4n) is 2.34. The lowest BCUT2D eigenvalue weighted by Crippen LogP contribution is -2.43. The Morgan fingerprint density at radius 2 is 1.89 bits per heavy atom. The van der Waals surface area contributed by atoms with Crippen LogP contribution in [0.5, 0.6) is 0 Å². The lowest BCUT2D eigenvalue weighted by Gasteiger charge is -2.25. The summed E-state index contributed by atoms with van der Waals surface area (Å²) < 4.78 is 0. The Morgan fingerprint density at radius 3 is 2.68 bits per heavy atom. The molecule has 0 spiro atoms. The van der Waals surface area contributed by atoms with E-state index >= 15 is 0 Å². The van der Waals surface area contributed by atoms with E-state index in [1.54, 1.807) is 0 Å². The Hall–Kier alpha value is -1.72. The standard InChI is InChI=1S/C14H19N5/c1-2-4-12(5-3-1)10-13-16-14(18-17-13)11-19-8-6-15-7-9-19/h1-5,15H,6-11H2,(H,16,17,18). The highest BCUT2D eigenvalue weighted by Crippen LogP contribution is 2.06. The third-order valence-corrected chi connectivity index (χ3v) is 3.37. The topological polar surface area (TPSA) is 56.8 Å². The average Bonchev–Trinajstić information content (AvgIpc) is 2.88. The van der Waals surface area contributed by atoms with E-state index < -0.39 is 0 Å². The first kappa shape index (κ1) is 12.3. The van der Waals surface area contributed by atoms with Gasteiger partial charge < -0.3 is 5.32 Å². The molecule has 1 saturated heterocycles. The molecular weight excluding hydrogens is 238 g/mol. The van der Waals surface area contributed by atoms with E-state index in [0.717, 1.165) is 50.8 Å². The zero-order chi connectivity index (χ0) is 12.9. The summed E-state index contributed by atoms with van der Waals surface area (Å²) in [6.45, 7) is 5.10. The zero-order valence-electron chi connectivity index (χ0n) is 11.0. The molecule has 2 N–H and O–H groups in total. The molecule has 2 aromatic rings. The molecule has 0 amide bonds. The van der Waals surface area contributed by atoms with Crippen molar-refractivity contribution in [1.29, 1.82) is 0 Å². The molecule has 0 bridgehead atoms. The summed E-state index contributed by atoms with van der Waals surface area (Å²) in [6.07, 6.45) is 0.815. The quantitative estimate of drug-likeness (QED) is 0.850. The lowest BCUT2D eigenvalue weighted by molar-refractivity contribution is 0.228. The van der Waals surface area contributed by atoms with Gasteiger partial charge in [0.15, 0.2) is 5.82 Å². The van der Waals surface area contributed by atoms with Crippen molar-refractivity contribution in [1.82, 2.24) is 25.4 Å². The molecule has 3 rings (SSSR count). The van der Waals surface area contributed by atoms with Crippen LogP contribution in [0.25, 0.3) is 0 Å². The first-order chi connectivity index (χ1) is 9.40. The van der Waals surface area contributed by atoms with Crippen LogP contribution in [0.2, 0.25) is 0 Å². The summed E-state index contributed by atoms with van der Waals surface area (Å²) in [7, 11) is 0. The fourth-order valence-corrected chi connectivity index (χ4v) is 2.34. The Balaban J connectivity index is 1.59. The van der Waals surface area contributed by atoms with Crippen LogP contribution in [0.15, 0.2) is 30.3 Å². The van der Waals surface area contributed by atoms with Crippen molar-refractivity contribution in [2.45, 2.75) is 13.0 Å². The van der Waals surface area contributed by atoms with E-state index in [2.05, 4.69) is 37.5 Å². The summed E-state index contributed by atoms with van der Waals surface area (Å²) in [5, 5.41) is 10.7. The van der Waals surface area contributed by atoms with Gasteiger partial charge in [-0.1, -0.05) is 30.3 Å². The summed E-state index contributed by atoms with van der Waals surface area (Å²) in [5.74, 6) is 1.84. The number of hydrogen-bond acceptors (Lipinski definition) is 4. The number of aromatic amines is 1. The van der Waals surface area contributed by atoms with Crippen molar-refractivity contribution < 1.29 is 0 Å². The number of nitrogens with one attached hydrogen (secondary N) is 2. The van der Waals surface area contributed by atoms with Gasteiger partial charge in [-0.05, 0) is 5.56 Å². The number of hydrogen-bond donors (Lipinski definition) is 2. The van der Waals surface area contributed by atoms with Crippen molar-refractivity contribution >= 4 is 0 Å². The van der Waals surface area contributed by atoms with Crippen molar-refractivity contribution in [2.24, 2.45) is 0 Å². The van der Waals surface area contributed by atoms with Crippen LogP contribution in [0.1, 0.15) is 17.2 Å². The number of benzene rings is 1. The normalized spacial score (nSPS) is 16.6. The zero-order valence-corrected chi connectivity index (χ0v) is 11.0. The number of nitrogens with zero attached hydrogens (tertiary/aromatic N) is 3. The molecule has 2 heterocycles. The third kappa shape index (κ3) is 3.39. The Kier molecular flexibility index (Phi) is 3.86. The van der Waals surface area contributed by atoms with Crippen LogP contribution < -0.4 is 5.32 Å². The van der Waals surface area contributed by atoms with Crippen molar-refractivity contribution in [2.75, 3.05) is 26.2 Å². The highest BCUT2D eigenvalue weighted by Gasteiger charge is 2.12. The predicted octanol–water partition coefficient (Wildman–Crippen LogP) is 0.801. The van der Waals surface area contributed by atoms with E-state index in [0.29, 0.717) is 0 Å². The van der Waals surface area contributed by atoms with Crippen LogP contribution in [-0.4, -0.2) is 46.3 Å². The molecule has 0 atom stereocenters. The molecule has 0 radical (unpaired) electrons. The maximum atomic E-state index is 4.57. The Labute approximate surface area is 113 Å². The highest BCUT2D eigenvalue weighted by atomic mass is 15.3. The van der Waals surface area contributed by atoms with E-state index in [-0.39, 0.29) is 0 Å². The second-order valence-electron chi connectivity index (χ2n) is 4.89. The Bertz CT molecular complexity index is 502. The number of piperazine rings is 1. The van der Waals surface area contributed by atoms with Crippen LogP contribution in [0.4, 0.5) is 0 Å². The molecule has 0 unspecified atom stereocenters. The van der Waals surface area contributed by atoms with Gasteiger partial charge in [-0.3, -0.25) is 10.00 Å². The average molecular weight is 257 g/mol. The Morgan fingerprint density at radius 1 is 1.11 bits per heavy atom. The van der Waals surface area contributed by atoms with E-state index in [9.17, 15) is 0 Å². The van der Waals surface area contributed by atoms with Gasteiger partial charge in [-0.25, -0.2) is 4.98 Å². The van der Waals surface area contributed by atoms with Crippen molar-refractivity contribution in [3.05, 3.63) is 47.5 Å². The van der Waals surface area contributed by atoms with Gasteiger partial charge in [-0.15, -0.1) is 0 Å². The monoisotopic (exact) mass is 257 g/mol. The van der Waals surface area contributed by atoms with Crippen LogP contribution in [0, 0.1) is 0 Å². The van der Waals surface area contributed by atoms with Gasteiger partial charge >= 0.3 is 0 Å². The molecule has 1 aliphatic rings. The molecule has 0 saturated carbocycles. The SMILES string of the molecule is c1ccc(Cc2nc(CN3CCNCC3)n[nH]2)cc1. The van der Waals surface area contributed by atoms with Crippen molar-refractivity contribution in [3.63, 3.8) is 0 Å². The second-order valence-corrected chi connectivity index (χ2v) is 4.89. The van der Waals surface area contributed by atoms with Gasteiger partial charge in [0.2, 0.25) is 0 Å². The predicted molar refractivity (Wildman–Crippen MR) is 73.8 cm³/mol. The minimum atomic E-state index is 0.815. The molecule has 0 aliphatic carbocycles. The maximum absolute atomic E-state index is 4.57. The smallest absolute Gasteiger partial charge is 0.164 e. The van der Waals surface area contributed by atoms with Crippen LogP contribution in [0.3, 0.4) is 0 Å². The van der Waals surface area contributed by atoms with Crippen molar-refractivity contribution in [3.8, 4) is 0 Å². The van der Waals surface area contributed by atoms with Gasteiger partial charge in [0.25, 0.3) is 0 Å². The summed E-state index contributed by atoms with van der Waals surface area (Å²) in [6, 6.07) is 10.3. The van der Waals surface area contributed by atoms with Crippen LogP contribution in [-0.2, 0) is 13.0 Å². The third-order valence-electron chi connectivity index (χ3n) is 3.37. The lowest BCUT2D eigenvalue weighted by atomic mass is 10.1. The largest absolute Gasteiger partial charge is 0.314 e. The minimum Gasteiger partial charge on any atom is -0.314 e. The van der Waals surface area contributed by atoms with Gasteiger partial charge in [0, 0.05) is 32.6 Å².